The summed E-state index contributed by atoms with van der Waals surface area (Å²) >= 11 is 5.94. The number of fused-ring (bicyclic) bond motifs is 2. The number of nitrogens with zero attached hydrogens (tertiary/aromatic N) is 4. The van der Waals surface area contributed by atoms with E-state index in [1.165, 1.54) is 0 Å². The van der Waals surface area contributed by atoms with Crippen molar-refractivity contribution in [3.8, 4) is 6.01 Å². The van der Waals surface area contributed by atoms with Crippen molar-refractivity contribution in [2.24, 2.45) is 0 Å². The predicted octanol–water partition coefficient (Wildman–Crippen LogP) is 5.21. The van der Waals surface area contributed by atoms with Crippen molar-refractivity contribution in [3.63, 3.8) is 0 Å². The predicted molar refractivity (Wildman–Crippen MR) is 149 cm³/mol. The summed E-state index contributed by atoms with van der Waals surface area (Å²) in [5, 5.41) is 10.1. The summed E-state index contributed by atoms with van der Waals surface area (Å²) in [4.78, 5) is 13.7. The van der Waals surface area contributed by atoms with Crippen LogP contribution in [0.15, 0.2) is 18.2 Å². The Morgan fingerprint density at radius 1 is 1.26 bits per heavy atom. The Balaban J connectivity index is 1.38. The number of piperidine rings is 1. The van der Waals surface area contributed by atoms with Gasteiger partial charge in [-0.1, -0.05) is 23.8 Å². The van der Waals surface area contributed by atoms with Crippen molar-refractivity contribution in [2.75, 3.05) is 43.4 Å². The quantitative estimate of drug-likeness (QED) is 0.270. The molecule has 4 aliphatic heterocycles. The normalized spacial score (nSPS) is 28.2. The lowest BCUT2D eigenvalue weighted by molar-refractivity contribution is -0.140. The van der Waals surface area contributed by atoms with E-state index in [-0.39, 0.29) is 24.6 Å². The number of aliphatic hydroxyl groups is 1. The standard InChI is InChI=1S/C29H34ClF4N5O3/c1-16-11-28(6-4-8-39(28)12-16)15-42-26-36-20-10-21(22-23(29(32,33)34)18(30)9-19(35)24(22)31)41-13-17(20)25(37-26)38-7-3-5-27(2,40)14-38/h9,21,40H,1,3-8,10-15,35H2,2H3/t21?,27?,28-/m0/s1. The molecule has 2 aromatic rings. The summed E-state index contributed by atoms with van der Waals surface area (Å²) in [6.07, 6.45) is -2.33. The molecule has 0 spiro atoms. The Hall–Kier alpha value is -2.67. The number of rotatable bonds is 5. The first-order valence-electron chi connectivity index (χ1n) is 14.1. The monoisotopic (exact) mass is 611 g/mol. The van der Waals surface area contributed by atoms with Crippen molar-refractivity contribution in [2.45, 2.75) is 75.5 Å². The number of hydrogen-bond donors (Lipinski definition) is 2. The molecule has 3 fully saturated rings. The maximum absolute atomic E-state index is 15.2. The molecule has 5 heterocycles. The van der Waals surface area contributed by atoms with E-state index in [0.717, 1.165) is 44.0 Å². The highest BCUT2D eigenvalue weighted by Crippen LogP contribution is 2.46. The van der Waals surface area contributed by atoms with Gasteiger partial charge in [-0.3, -0.25) is 4.90 Å². The molecule has 0 aliphatic carbocycles. The van der Waals surface area contributed by atoms with Crippen molar-refractivity contribution in [1.82, 2.24) is 14.9 Å². The molecule has 13 heteroatoms. The Bertz CT molecular complexity index is 1420. The van der Waals surface area contributed by atoms with E-state index in [9.17, 15) is 18.3 Å². The Morgan fingerprint density at radius 2 is 2.02 bits per heavy atom. The van der Waals surface area contributed by atoms with E-state index >= 15 is 4.39 Å². The molecule has 3 N–H and O–H groups in total. The minimum atomic E-state index is -4.94. The van der Waals surface area contributed by atoms with Crippen molar-refractivity contribution < 1.29 is 32.1 Å². The number of benzene rings is 1. The van der Waals surface area contributed by atoms with Crippen LogP contribution >= 0.6 is 11.6 Å². The molecule has 0 bridgehead atoms. The third-order valence-electron chi connectivity index (χ3n) is 8.92. The second-order valence-corrected chi connectivity index (χ2v) is 12.7. The summed E-state index contributed by atoms with van der Waals surface area (Å²) in [5.41, 5.74) is 4.08. The second kappa shape index (κ2) is 10.5. The smallest absolute Gasteiger partial charge is 0.418 e. The second-order valence-electron chi connectivity index (χ2n) is 12.3. The number of alkyl halides is 3. The molecule has 8 nitrogen and oxygen atoms in total. The van der Waals surface area contributed by atoms with Gasteiger partial charge in [0.1, 0.15) is 12.4 Å². The van der Waals surface area contributed by atoms with Gasteiger partial charge >= 0.3 is 12.2 Å². The topological polar surface area (TPSA) is 97.0 Å². The van der Waals surface area contributed by atoms with Crippen LogP contribution in [0.25, 0.3) is 0 Å². The fraction of sp³-hybridized carbons (Fsp3) is 0.586. The summed E-state index contributed by atoms with van der Waals surface area (Å²) < 4.78 is 69.6. The number of β-amino-alcohol motifs (C(OH)–C–C–N with tert-alkyl or cyclic N) is 1. The fourth-order valence-corrected chi connectivity index (χ4v) is 7.37. The van der Waals surface area contributed by atoms with Crippen LogP contribution in [0.3, 0.4) is 0 Å². The van der Waals surface area contributed by atoms with Gasteiger partial charge < -0.3 is 25.2 Å². The van der Waals surface area contributed by atoms with Crippen LogP contribution in [0.2, 0.25) is 5.02 Å². The van der Waals surface area contributed by atoms with Crippen LogP contribution in [0, 0.1) is 5.82 Å². The van der Waals surface area contributed by atoms with Gasteiger partial charge in [0, 0.05) is 37.2 Å². The maximum Gasteiger partial charge on any atom is 0.418 e. The maximum atomic E-state index is 15.2. The molecule has 4 aliphatic rings. The van der Waals surface area contributed by atoms with Crippen LogP contribution in [-0.2, 0) is 23.9 Å². The number of nitrogens with two attached hydrogens (primary N) is 1. The third-order valence-corrected chi connectivity index (χ3v) is 9.22. The van der Waals surface area contributed by atoms with Crippen molar-refractivity contribution in [3.05, 3.63) is 51.4 Å². The van der Waals surface area contributed by atoms with E-state index < -0.39 is 45.5 Å². The molecule has 3 saturated heterocycles. The molecule has 3 atom stereocenters. The third kappa shape index (κ3) is 5.31. The highest BCUT2D eigenvalue weighted by Gasteiger charge is 2.47. The summed E-state index contributed by atoms with van der Waals surface area (Å²) in [5.74, 6) is -0.730. The number of anilines is 2. The molecule has 0 amide bonds. The molecular formula is C29H34ClF4N5O3. The minimum absolute atomic E-state index is 0.0791. The van der Waals surface area contributed by atoms with Crippen molar-refractivity contribution in [1.29, 1.82) is 0 Å². The molecule has 0 radical (unpaired) electrons. The lowest BCUT2D eigenvalue weighted by Gasteiger charge is -2.39. The molecule has 0 saturated carbocycles. The van der Waals surface area contributed by atoms with Crippen LogP contribution < -0.4 is 15.4 Å². The Kier molecular flexibility index (Phi) is 7.35. The molecule has 228 valence electrons. The zero-order chi connectivity index (χ0) is 30.0. The lowest BCUT2D eigenvalue weighted by Crippen LogP contribution is -2.47. The fourth-order valence-electron chi connectivity index (χ4n) is 7.04. The first kappa shape index (κ1) is 29.4. The first-order chi connectivity index (χ1) is 19.8. The van der Waals surface area contributed by atoms with Crippen LogP contribution in [0.5, 0.6) is 6.01 Å². The highest BCUT2D eigenvalue weighted by atomic mass is 35.5. The number of nitrogen functional groups attached to an aromatic ring is 1. The van der Waals surface area contributed by atoms with Crippen LogP contribution in [0.1, 0.15) is 67.5 Å². The highest BCUT2D eigenvalue weighted by molar-refractivity contribution is 6.31. The lowest BCUT2D eigenvalue weighted by atomic mass is 9.92. The van der Waals surface area contributed by atoms with E-state index in [1.54, 1.807) is 6.92 Å². The van der Waals surface area contributed by atoms with Crippen LogP contribution in [-0.4, -0.2) is 63.9 Å². The van der Waals surface area contributed by atoms with E-state index in [1.807, 2.05) is 4.90 Å². The minimum Gasteiger partial charge on any atom is -0.461 e. The number of ether oxygens (including phenoxy) is 2. The zero-order valence-corrected chi connectivity index (χ0v) is 24.1. The van der Waals surface area contributed by atoms with Crippen molar-refractivity contribution >= 4 is 23.1 Å². The Labute approximate surface area is 246 Å². The summed E-state index contributed by atoms with van der Waals surface area (Å²) in [7, 11) is 0. The number of aromatic nitrogens is 2. The van der Waals surface area contributed by atoms with Crippen LogP contribution in [0.4, 0.5) is 29.1 Å². The number of halogens is 5. The largest absolute Gasteiger partial charge is 0.461 e. The molecule has 2 unspecified atom stereocenters. The Morgan fingerprint density at radius 3 is 2.76 bits per heavy atom. The van der Waals surface area contributed by atoms with Gasteiger partial charge in [-0.15, -0.1) is 0 Å². The van der Waals surface area contributed by atoms with E-state index in [0.29, 0.717) is 49.6 Å². The van der Waals surface area contributed by atoms with Gasteiger partial charge in [-0.2, -0.15) is 23.1 Å². The van der Waals surface area contributed by atoms with E-state index in [2.05, 4.69) is 16.5 Å². The molecule has 6 rings (SSSR count). The van der Waals surface area contributed by atoms with Gasteiger partial charge in [0.05, 0.1) is 45.8 Å². The van der Waals surface area contributed by atoms with Gasteiger partial charge in [0.2, 0.25) is 0 Å². The molecule has 1 aromatic carbocycles. The van der Waals surface area contributed by atoms with E-state index in [4.69, 9.17) is 31.8 Å². The SMILES string of the molecule is C=C1CN2CCC[C@@]2(COc2nc3c(c(N4CCCC(C)(O)C4)n2)COC(c2c(F)c(N)cc(Cl)c2C(F)(F)F)C3)C1. The first-order valence-corrected chi connectivity index (χ1v) is 14.5. The average molecular weight is 612 g/mol. The van der Waals surface area contributed by atoms with Gasteiger partial charge in [0.15, 0.2) is 5.82 Å². The molecule has 1 aromatic heterocycles. The number of hydrogen-bond acceptors (Lipinski definition) is 8. The molecular weight excluding hydrogens is 578 g/mol. The molecule has 42 heavy (non-hydrogen) atoms. The van der Waals surface area contributed by atoms with Gasteiger partial charge in [-0.05, 0) is 51.6 Å². The average Bonchev–Trinajstić information content (AvgIpc) is 3.43. The van der Waals surface area contributed by atoms with Gasteiger partial charge in [-0.25, -0.2) is 4.39 Å². The summed E-state index contributed by atoms with van der Waals surface area (Å²) in [6.45, 7) is 8.76. The zero-order valence-electron chi connectivity index (χ0n) is 23.4. The van der Waals surface area contributed by atoms with Gasteiger partial charge in [0.25, 0.3) is 0 Å². The summed E-state index contributed by atoms with van der Waals surface area (Å²) in [6, 6.07) is 0.841.